The van der Waals surface area contributed by atoms with Crippen LogP contribution in [0.2, 0.25) is 5.02 Å². The highest BCUT2D eigenvalue weighted by atomic mass is 35.5. The summed E-state index contributed by atoms with van der Waals surface area (Å²) in [7, 11) is 0. The van der Waals surface area contributed by atoms with E-state index in [0.717, 1.165) is 54.8 Å². The molecule has 0 spiro atoms. The molecule has 3 nitrogen and oxygen atoms in total. The van der Waals surface area contributed by atoms with Crippen LogP contribution in [0.15, 0.2) is 102 Å². The fourth-order valence-electron chi connectivity index (χ4n) is 4.68. The molecule has 1 aliphatic rings. The summed E-state index contributed by atoms with van der Waals surface area (Å²) < 4.78 is 11.7. The van der Waals surface area contributed by atoms with Crippen molar-refractivity contribution in [3.63, 3.8) is 0 Å². The van der Waals surface area contributed by atoms with Crippen molar-refractivity contribution < 1.29 is 9.15 Å². The highest BCUT2D eigenvalue weighted by molar-refractivity contribution is 6.30. The fourth-order valence-corrected chi connectivity index (χ4v) is 4.81. The van der Waals surface area contributed by atoms with Crippen molar-refractivity contribution >= 4 is 11.6 Å². The van der Waals surface area contributed by atoms with E-state index in [9.17, 15) is 0 Å². The molecule has 0 N–H and O–H groups in total. The maximum absolute atomic E-state index is 6.12. The summed E-state index contributed by atoms with van der Waals surface area (Å²) in [5, 5.41) is 0.762. The zero-order valence-corrected chi connectivity index (χ0v) is 19.3. The summed E-state index contributed by atoms with van der Waals surface area (Å²) >= 11 is 6.12. The third kappa shape index (κ3) is 5.50. The third-order valence-electron chi connectivity index (χ3n) is 6.52. The van der Waals surface area contributed by atoms with Gasteiger partial charge in [0.25, 0.3) is 0 Å². The van der Waals surface area contributed by atoms with Crippen LogP contribution in [0.5, 0.6) is 11.5 Å². The topological polar surface area (TPSA) is 25.6 Å². The lowest BCUT2D eigenvalue weighted by molar-refractivity contribution is 0.201. The molecule has 1 fully saturated rings. The van der Waals surface area contributed by atoms with E-state index in [4.69, 9.17) is 20.8 Å². The molecule has 0 amide bonds. The number of rotatable bonds is 7. The molecule has 0 aliphatic carbocycles. The average molecular weight is 458 g/mol. The molecule has 33 heavy (non-hydrogen) atoms. The van der Waals surface area contributed by atoms with Gasteiger partial charge in [0.1, 0.15) is 17.3 Å². The number of piperidine rings is 1. The standard InChI is InChI=1S/C29H28ClNO2/c30-25-12-8-24(9-13-25)28(29-7-4-20-32-29)21-31-18-16-23(17-19-31)22-10-14-27(15-11-22)33-26-5-2-1-3-6-26/h1-15,20,23,28H,16-19,21H2. The zero-order chi connectivity index (χ0) is 22.5. The van der Waals surface area contributed by atoms with E-state index >= 15 is 0 Å². The lowest BCUT2D eigenvalue weighted by atomic mass is 9.88. The summed E-state index contributed by atoms with van der Waals surface area (Å²) in [6.45, 7) is 3.11. The predicted octanol–water partition coefficient (Wildman–Crippen LogP) is 7.74. The van der Waals surface area contributed by atoms with E-state index in [1.165, 1.54) is 11.1 Å². The van der Waals surface area contributed by atoms with Crippen LogP contribution < -0.4 is 4.74 Å². The molecule has 2 heterocycles. The number of likely N-dealkylation sites (tertiary alicyclic amines) is 1. The lowest BCUT2D eigenvalue weighted by Crippen LogP contribution is -2.36. The van der Waals surface area contributed by atoms with E-state index < -0.39 is 0 Å². The summed E-state index contributed by atoms with van der Waals surface area (Å²) in [4.78, 5) is 2.56. The third-order valence-corrected chi connectivity index (χ3v) is 6.77. The first-order valence-electron chi connectivity index (χ1n) is 11.6. The van der Waals surface area contributed by atoms with Gasteiger partial charge in [-0.05, 0) is 91.5 Å². The average Bonchev–Trinajstić information content (AvgIpc) is 3.40. The number of furan rings is 1. The second kappa shape index (κ2) is 10.3. The molecule has 1 aliphatic heterocycles. The number of hydrogen-bond donors (Lipinski definition) is 0. The Kier molecular flexibility index (Phi) is 6.80. The maximum atomic E-state index is 6.12. The SMILES string of the molecule is Clc1ccc(C(CN2CCC(c3ccc(Oc4ccccc4)cc3)CC2)c2ccco2)cc1. The lowest BCUT2D eigenvalue weighted by Gasteiger charge is -2.34. The van der Waals surface area contributed by atoms with Crippen molar-refractivity contribution in [2.24, 2.45) is 0 Å². The number of para-hydroxylation sites is 1. The molecular weight excluding hydrogens is 430 g/mol. The van der Waals surface area contributed by atoms with Gasteiger partial charge >= 0.3 is 0 Å². The minimum Gasteiger partial charge on any atom is -0.469 e. The molecule has 0 bridgehead atoms. The van der Waals surface area contributed by atoms with Gasteiger partial charge in [0.05, 0.1) is 12.2 Å². The first kappa shape index (κ1) is 21.8. The molecule has 4 aromatic rings. The zero-order valence-electron chi connectivity index (χ0n) is 18.6. The van der Waals surface area contributed by atoms with E-state index in [1.807, 2.05) is 48.5 Å². The van der Waals surface area contributed by atoms with E-state index in [1.54, 1.807) is 6.26 Å². The molecule has 0 radical (unpaired) electrons. The Morgan fingerprint density at radius 1 is 0.818 bits per heavy atom. The molecule has 1 unspecified atom stereocenters. The Hall–Kier alpha value is -3.01. The Bertz CT molecular complexity index is 1120. The minimum absolute atomic E-state index is 0.211. The van der Waals surface area contributed by atoms with Gasteiger partial charge in [0.2, 0.25) is 0 Å². The number of hydrogen-bond acceptors (Lipinski definition) is 3. The van der Waals surface area contributed by atoms with Gasteiger partial charge in [-0.25, -0.2) is 0 Å². The second-order valence-corrected chi connectivity index (χ2v) is 9.12. The maximum Gasteiger partial charge on any atom is 0.127 e. The molecular formula is C29H28ClNO2. The van der Waals surface area contributed by atoms with Crippen LogP contribution in [-0.2, 0) is 0 Å². The van der Waals surface area contributed by atoms with E-state index in [0.29, 0.717) is 5.92 Å². The van der Waals surface area contributed by atoms with Crippen LogP contribution in [0, 0.1) is 0 Å². The van der Waals surface area contributed by atoms with Crippen LogP contribution in [0.4, 0.5) is 0 Å². The molecule has 3 aromatic carbocycles. The summed E-state index contributed by atoms with van der Waals surface area (Å²) in [6, 6.07) is 30.7. The summed E-state index contributed by atoms with van der Waals surface area (Å²) in [5.74, 6) is 3.55. The van der Waals surface area contributed by atoms with Crippen molar-refractivity contribution in [3.05, 3.63) is 119 Å². The quantitative estimate of drug-likeness (QED) is 0.284. The second-order valence-electron chi connectivity index (χ2n) is 8.68. The summed E-state index contributed by atoms with van der Waals surface area (Å²) in [5.41, 5.74) is 2.64. The van der Waals surface area contributed by atoms with Crippen LogP contribution in [0.3, 0.4) is 0 Å². The summed E-state index contributed by atoms with van der Waals surface area (Å²) in [6.07, 6.45) is 4.07. The van der Waals surface area contributed by atoms with Crippen LogP contribution in [0.25, 0.3) is 0 Å². The Morgan fingerprint density at radius 3 is 2.18 bits per heavy atom. The van der Waals surface area contributed by atoms with Gasteiger partial charge in [-0.15, -0.1) is 0 Å². The van der Waals surface area contributed by atoms with Crippen LogP contribution >= 0.6 is 11.6 Å². The van der Waals surface area contributed by atoms with Gasteiger partial charge in [0.15, 0.2) is 0 Å². The Balaban J connectivity index is 1.20. The van der Waals surface area contributed by atoms with Gasteiger partial charge in [-0.2, -0.15) is 0 Å². The monoisotopic (exact) mass is 457 g/mol. The van der Waals surface area contributed by atoms with E-state index in [2.05, 4.69) is 47.4 Å². The van der Waals surface area contributed by atoms with Gasteiger partial charge in [-0.3, -0.25) is 0 Å². The molecule has 1 aromatic heterocycles. The molecule has 1 atom stereocenters. The number of nitrogens with zero attached hydrogens (tertiary/aromatic N) is 1. The molecule has 168 valence electrons. The van der Waals surface area contributed by atoms with Crippen molar-refractivity contribution in [2.75, 3.05) is 19.6 Å². The first-order chi connectivity index (χ1) is 16.2. The normalized spacial score (nSPS) is 15.9. The van der Waals surface area contributed by atoms with Gasteiger partial charge in [0, 0.05) is 11.6 Å². The van der Waals surface area contributed by atoms with Crippen molar-refractivity contribution in [3.8, 4) is 11.5 Å². The van der Waals surface area contributed by atoms with Crippen molar-refractivity contribution in [1.29, 1.82) is 0 Å². The first-order valence-corrected chi connectivity index (χ1v) is 12.0. The number of ether oxygens (including phenoxy) is 1. The number of halogens is 1. The highest BCUT2D eigenvalue weighted by Gasteiger charge is 2.25. The highest BCUT2D eigenvalue weighted by Crippen LogP contribution is 2.33. The van der Waals surface area contributed by atoms with Crippen molar-refractivity contribution in [1.82, 2.24) is 4.90 Å². The van der Waals surface area contributed by atoms with Crippen LogP contribution in [-0.4, -0.2) is 24.5 Å². The molecule has 4 heteroatoms. The number of benzene rings is 3. The Labute approximate surface area is 200 Å². The van der Waals surface area contributed by atoms with Gasteiger partial charge < -0.3 is 14.1 Å². The molecule has 5 rings (SSSR count). The smallest absolute Gasteiger partial charge is 0.127 e. The largest absolute Gasteiger partial charge is 0.469 e. The predicted molar refractivity (Wildman–Crippen MR) is 133 cm³/mol. The minimum atomic E-state index is 0.211. The van der Waals surface area contributed by atoms with Crippen molar-refractivity contribution in [2.45, 2.75) is 24.7 Å². The Morgan fingerprint density at radius 2 is 1.52 bits per heavy atom. The van der Waals surface area contributed by atoms with Crippen LogP contribution in [0.1, 0.15) is 41.6 Å². The van der Waals surface area contributed by atoms with Gasteiger partial charge in [-0.1, -0.05) is 54.1 Å². The molecule has 1 saturated heterocycles. The fraction of sp³-hybridized carbons (Fsp3) is 0.241. The molecule has 0 saturated carbocycles. The van der Waals surface area contributed by atoms with E-state index in [-0.39, 0.29) is 5.92 Å².